The molecule has 0 radical (unpaired) electrons. The summed E-state index contributed by atoms with van der Waals surface area (Å²) in [6, 6.07) is 12.9. The number of hydrogen-bond acceptors (Lipinski definition) is 13. The first-order valence-electron chi connectivity index (χ1n) is 12.5. The van der Waals surface area contributed by atoms with Gasteiger partial charge >= 0.3 is 0 Å². The molecule has 1 aromatic heterocycles. The first-order chi connectivity index (χ1) is 20.6. The zero-order valence-corrected chi connectivity index (χ0v) is 24.8. The van der Waals surface area contributed by atoms with E-state index in [0.717, 1.165) is 29.8 Å². The SMILES string of the molecule is Cc1ccc(N=Nc2c(C)cc3cc(S(=O)(=O)O)c(N=Nc4ccc(S(=O)(=O)O)cc4-c4nc(C)no4)c(O)c3c2N)cc1. The van der Waals surface area contributed by atoms with E-state index in [1.54, 1.807) is 19.1 Å². The van der Waals surface area contributed by atoms with Crippen molar-refractivity contribution in [3.8, 4) is 17.2 Å². The van der Waals surface area contributed by atoms with Crippen molar-refractivity contribution in [2.45, 2.75) is 30.6 Å². The Kier molecular flexibility index (Phi) is 7.72. The number of phenols is 1. The molecule has 0 saturated heterocycles. The number of nitrogen functional groups attached to an aromatic ring is 1. The highest BCUT2D eigenvalue weighted by molar-refractivity contribution is 7.86. The maximum Gasteiger partial charge on any atom is 0.296 e. The minimum atomic E-state index is -4.97. The summed E-state index contributed by atoms with van der Waals surface area (Å²) < 4.78 is 72.9. The smallest absolute Gasteiger partial charge is 0.296 e. The van der Waals surface area contributed by atoms with Gasteiger partial charge in [-0.1, -0.05) is 22.9 Å². The lowest BCUT2D eigenvalue weighted by Crippen LogP contribution is -2.00. The lowest BCUT2D eigenvalue weighted by atomic mass is 10.0. The lowest BCUT2D eigenvalue weighted by molar-refractivity contribution is 0.425. The van der Waals surface area contributed by atoms with Crippen LogP contribution in [0.5, 0.6) is 5.75 Å². The predicted molar refractivity (Wildman–Crippen MR) is 158 cm³/mol. The number of aromatic nitrogens is 2. The number of aryl methyl sites for hydroxylation is 3. The van der Waals surface area contributed by atoms with E-state index in [1.165, 1.54) is 13.0 Å². The Morgan fingerprint density at radius 1 is 0.818 bits per heavy atom. The molecule has 0 fully saturated rings. The molecule has 0 spiro atoms. The van der Waals surface area contributed by atoms with Crippen molar-refractivity contribution in [2.75, 3.05) is 5.73 Å². The second-order valence-corrected chi connectivity index (χ2v) is 12.4. The highest BCUT2D eigenvalue weighted by Gasteiger charge is 2.25. The third-order valence-electron chi connectivity index (χ3n) is 6.40. The summed E-state index contributed by atoms with van der Waals surface area (Å²) in [4.78, 5) is 2.72. The van der Waals surface area contributed by atoms with Crippen LogP contribution in [0.1, 0.15) is 17.0 Å². The molecule has 4 aromatic carbocycles. The Labute approximate surface area is 250 Å². The Balaban J connectivity index is 1.70. The number of fused-ring (bicyclic) bond motifs is 1. The highest BCUT2D eigenvalue weighted by atomic mass is 32.2. The van der Waals surface area contributed by atoms with Crippen molar-refractivity contribution in [3.63, 3.8) is 0 Å². The monoisotopic (exact) mass is 637 g/mol. The Bertz CT molecular complexity index is 2230. The molecule has 5 aromatic rings. The molecule has 0 bridgehead atoms. The van der Waals surface area contributed by atoms with Crippen LogP contribution >= 0.6 is 0 Å². The van der Waals surface area contributed by atoms with E-state index in [0.29, 0.717) is 11.3 Å². The molecule has 0 saturated carbocycles. The fourth-order valence-corrected chi connectivity index (χ4v) is 5.44. The summed E-state index contributed by atoms with van der Waals surface area (Å²) >= 11 is 0. The van der Waals surface area contributed by atoms with Crippen LogP contribution in [0.3, 0.4) is 0 Å². The summed E-state index contributed by atoms with van der Waals surface area (Å²) in [5.74, 6) is -0.738. The number of anilines is 1. The molecule has 17 heteroatoms. The average Bonchev–Trinajstić information content (AvgIpc) is 3.37. The molecule has 0 aliphatic carbocycles. The van der Waals surface area contributed by atoms with Crippen LogP contribution in [-0.4, -0.2) is 41.2 Å². The number of azo groups is 2. The molecule has 226 valence electrons. The number of hydrogen-bond donors (Lipinski definition) is 4. The van der Waals surface area contributed by atoms with Gasteiger partial charge in [-0.15, -0.1) is 15.3 Å². The molecule has 15 nitrogen and oxygen atoms in total. The number of phenolic OH excluding ortho intramolecular Hbond substituents is 1. The Hall–Kier alpha value is -5.10. The van der Waals surface area contributed by atoms with Gasteiger partial charge in [-0.3, -0.25) is 9.11 Å². The fraction of sp³-hybridized carbons (Fsp3) is 0.111. The average molecular weight is 638 g/mol. The highest BCUT2D eigenvalue weighted by Crippen LogP contribution is 2.47. The van der Waals surface area contributed by atoms with Crippen LogP contribution in [0.2, 0.25) is 0 Å². The van der Waals surface area contributed by atoms with Gasteiger partial charge < -0.3 is 15.4 Å². The molecule has 0 amide bonds. The molecule has 0 unspecified atom stereocenters. The molecule has 44 heavy (non-hydrogen) atoms. The molecular weight excluding hydrogens is 614 g/mol. The summed E-state index contributed by atoms with van der Waals surface area (Å²) in [7, 11) is -9.62. The summed E-state index contributed by atoms with van der Waals surface area (Å²) in [6.45, 7) is 5.09. The molecular formula is C27H23N7O8S2. The van der Waals surface area contributed by atoms with Gasteiger partial charge in [0.05, 0.1) is 32.9 Å². The van der Waals surface area contributed by atoms with Crippen molar-refractivity contribution >= 4 is 59.4 Å². The molecule has 0 aliphatic heterocycles. The number of aromatic hydroxyl groups is 1. The van der Waals surface area contributed by atoms with Gasteiger partial charge in [-0.2, -0.15) is 26.9 Å². The van der Waals surface area contributed by atoms with E-state index in [-0.39, 0.29) is 45.1 Å². The predicted octanol–water partition coefficient (Wildman–Crippen LogP) is 6.43. The minimum Gasteiger partial charge on any atom is -0.505 e. The zero-order valence-electron chi connectivity index (χ0n) is 23.2. The van der Waals surface area contributed by atoms with Crippen LogP contribution in [0.15, 0.2) is 89.4 Å². The van der Waals surface area contributed by atoms with Crippen molar-refractivity contribution in [2.24, 2.45) is 20.5 Å². The third-order valence-corrected chi connectivity index (χ3v) is 8.12. The second-order valence-electron chi connectivity index (χ2n) is 9.64. The van der Waals surface area contributed by atoms with Gasteiger partial charge in [0.1, 0.15) is 16.3 Å². The van der Waals surface area contributed by atoms with Crippen LogP contribution in [0.4, 0.5) is 28.4 Å². The molecule has 1 heterocycles. The quantitative estimate of drug-likeness (QED) is 0.0860. The van der Waals surface area contributed by atoms with Gasteiger partial charge in [0.15, 0.2) is 11.6 Å². The fourth-order valence-electron chi connectivity index (χ4n) is 4.27. The first-order valence-corrected chi connectivity index (χ1v) is 15.4. The van der Waals surface area contributed by atoms with Gasteiger partial charge in [0.2, 0.25) is 0 Å². The maximum atomic E-state index is 12.4. The third kappa shape index (κ3) is 6.02. The summed E-state index contributed by atoms with van der Waals surface area (Å²) in [5, 5.41) is 31.4. The zero-order chi connectivity index (χ0) is 32.0. The van der Waals surface area contributed by atoms with Gasteiger partial charge in [0, 0.05) is 0 Å². The van der Waals surface area contributed by atoms with E-state index in [1.807, 2.05) is 19.1 Å². The number of nitrogens with two attached hydrogens (primary N) is 1. The lowest BCUT2D eigenvalue weighted by Gasteiger charge is -2.13. The summed E-state index contributed by atoms with van der Waals surface area (Å²) in [5.41, 5.74) is 7.73. The Morgan fingerprint density at radius 2 is 1.50 bits per heavy atom. The Morgan fingerprint density at radius 3 is 2.11 bits per heavy atom. The van der Waals surface area contributed by atoms with Gasteiger partial charge in [0.25, 0.3) is 26.1 Å². The normalized spacial score (nSPS) is 12.6. The molecule has 0 atom stereocenters. The topological polar surface area (TPSA) is 243 Å². The van der Waals surface area contributed by atoms with Crippen molar-refractivity contribution in [3.05, 3.63) is 71.5 Å². The van der Waals surface area contributed by atoms with Crippen LogP contribution in [0, 0.1) is 20.8 Å². The van der Waals surface area contributed by atoms with Crippen LogP contribution in [0.25, 0.3) is 22.2 Å². The number of rotatable bonds is 7. The number of benzene rings is 4. The van der Waals surface area contributed by atoms with Crippen LogP contribution < -0.4 is 5.73 Å². The first kappa shape index (κ1) is 30.4. The van der Waals surface area contributed by atoms with Crippen molar-refractivity contribution < 1.29 is 35.6 Å². The largest absolute Gasteiger partial charge is 0.505 e. The van der Waals surface area contributed by atoms with Gasteiger partial charge in [-0.25, -0.2) is 0 Å². The second kappa shape index (κ2) is 11.2. The van der Waals surface area contributed by atoms with E-state index < -0.39 is 41.5 Å². The summed E-state index contributed by atoms with van der Waals surface area (Å²) in [6.07, 6.45) is 0. The number of nitrogens with zero attached hydrogens (tertiary/aromatic N) is 6. The molecule has 5 rings (SSSR count). The van der Waals surface area contributed by atoms with Crippen molar-refractivity contribution in [1.29, 1.82) is 0 Å². The van der Waals surface area contributed by atoms with Crippen molar-refractivity contribution in [1.82, 2.24) is 10.1 Å². The molecule has 0 aliphatic rings. The standard InChI is InChI=1S/C27H23N7O8S2/c1-13-4-6-17(7-5-13)30-32-24-14(2)10-16-11-21(44(39,40)41)25(26(35)22(16)23(24)28)33-31-20-9-8-18(43(36,37)38)12-19(20)27-29-15(3)34-42-27/h4-12,35H,28H2,1-3H3,(H,36,37,38)(H,39,40,41). The van der Waals surface area contributed by atoms with E-state index >= 15 is 0 Å². The van der Waals surface area contributed by atoms with E-state index in [2.05, 4.69) is 30.6 Å². The maximum absolute atomic E-state index is 12.4. The molecule has 5 N–H and O–H groups in total. The van der Waals surface area contributed by atoms with Crippen LogP contribution in [-0.2, 0) is 20.2 Å². The van der Waals surface area contributed by atoms with E-state index in [4.69, 9.17) is 10.3 Å². The van der Waals surface area contributed by atoms with E-state index in [9.17, 15) is 31.0 Å². The minimum absolute atomic E-state index is 0.0377. The van der Waals surface area contributed by atoms with Gasteiger partial charge in [-0.05, 0) is 74.2 Å².